The third-order valence-electron chi connectivity index (χ3n) is 2.41. The second-order valence-electron chi connectivity index (χ2n) is 3.52. The third-order valence-corrected chi connectivity index (χ3v) is 2.41. The van der Waals surface area contributed by atoms with Gasteiger partial charge in [0.1, 0.15) is 5.76 Å². The number of rotatable bonds is 2. The van der Waals surface area contributed by atoms with Crippen LogP contribution in [0.5, 0.6) is 0 Å². The molecule has 1 amide bonds. The summed E-state index contributed by atoms with van der Waals surface area (Å²) in [5, 5.41) is 2.57. The standard InChI is InChI=1S/C12H11NO4/c1-7-10(12(15)16-2)9(11(14)13-7)6-8-4-3-5-17-8/h3-6H,1-2H3,(H,13,14). The van der Waals surface area contributed by atoms with E-state index < -0.39 is 5.97 Å². The van der Waals surface area contributed by atoms with Gasteiger partial charge in [0.15, 0.2) is 0 Å². The van der Waals surface area contributed by atoms with Crippen molar-refractivity contribution in [2.45, 2.75) is 6.92 Å². The predicted octanol–water partition coefficient (Wildman–Crippen LogP) is 1.24. The molecule has 0 aromatic carbocycles. The van der Waals surface area contributed by atoms with Gasteiger partial charge in [-0.3, -0.25) is 4.79 Å². The number of amides is 1. The van der Waals surface area contributed by atoms with Gasteiger partial charge >= 0.3 is 5.97 Å². The van der Waals surface area contributed by atoms with Crippen LogP contribution >= 0.6 is 0 Å². The highest BCUT2D eigenvalue weighted by molar-refractivity contribution is 6.16. The van der Waals surface area contributed by atoms with Gasteiger partial charge in [0, 0.05) is 5.70 Å². The van der Waals surface area contributed by atoms with Crippen LogP contribution in [0.2, 0.25) is 0 Å². The van der Waals surface area contributed by atoms with Crippen LogP contribution in [0.1, 0.15) is 12.7 Å². The molecule has 5 nitrogen and oxygen atoms in total. The summed E-state index contributed by atoms with van der Waals surface area (Å²) in [6.07, 6.45) is 3.01. The Morgan fingerprint density at radius 2 is 2.29 bits per heavy atom. The molecule has 0 unspecified atom stereocenters. The van der Waals surface area contributed by atoms with Crippen molar-refractivity contribution in [3.05, 3.63) is 41.0 Å². The summed E-state index contributed by atoms with van der Waals surface area (Å²) >= 11 is 0. The highest BCUT2D eigenvalue weighted by Gasteiger charge is 2.30. The summed E-state index contributed by atoms with van der Waals surface area (Å²) in [6.45, 7) is 1.65. The summed E-state index contributed by atoms with van der Waals surface area (Å²) in [7, 11) is 1.27. The Labute approximate surface area is 97.7 Å². The normalized spacial score (nSPS) is 17.5. The van der Waals surface area contributed by atoms with Crippen LogP contribution in [-0.2, 0) is 14.3 Å². The quantitative estimate of drug-likeness (QED) is 0.616. The lowest BCUT2D eigenvalue weighted by Gasteiger charge is -2.00. The van der Waals surface area contributed by atoms with Gasteiger partial charge in [0.25, 0.3) is 5.91 Å². The number of carbonyl (C=O) groups is 2. The van der Waals surface area contributed by atoms with E-state index in [1.165, 1.54) is 19.4 Å². The van der Waals surface area contributed by atoms with E-state index >= 15 is 0 Å². The molecule has 88 valence electrons. The van der Waals surface area contributed by atoms with Crippen LogP contribution in [-0.4, -0.2) is 19.0 Å². The molecular weight excluding hydrogens is 222 g/mol. The summed E-state index contributed by atoms with van der Waals surface area (Å²) in [5.74, 6) is -0.371. The molecule has 1 aliphatic heterocycles. The van der Waals surface area contributed by atoms with Crippen LogP contribution in [0.25, 0.3) is 6.08 Å². The van der Waals surface area contributed by atoms with E-state index in [9.17, 15) is 9.59 Å². The first kappa shape index (κ1) is 11.2. The SMILES string of the molecule is COC(=O)C1=C(C)NC(=O)C1=Cc1ccco1. The topological polar surface area (TPSA) is 68.5 Å². The fraction of sp³-hybridized carbons (Fsp3) is 0.167. The average Bonchev–Trinajstić information content (AvgIpc) is 2.88. The lowest BCUT2D eigenvalue weighted by molar-refractivity contribution is -0.136. The van der Waals surface area contributed by atoms with Gasteiger partial charge in [-0.15, -0.1) is 0 Å². The fourth-order valence-electron chi connectivity index (χ4n) is 1.63. The molecule has 2 heterocycles. The number of esters is 1. The zero-order valence-corrected chi connectivity index (χ0v) is 9.44. The molecule has 0 saturated heterocycles. The number of nitrogens with one attached hydrogen (secondary N) is 1. The van der Waals surface area contributed by atoms with Crippen molar-refractivity contribution >= 4 is 18.0 Å². The minimum Gasteiger partial charge on any atom is -0.465 e. The zero-order chi connectivity index (χ0) is 12.4. The fourth-order valence-corrected chi connectivity index (χ4v) is 1.63. The smallest absolute Gasteiger partial charge is 0.340 e. The van der Waals surface area contributed by atoms with Crippen LogP contribution in [0, 0.1) is 0 Å². The number of ether oxygens (including phenoxy) is 1. The second-order valence-corrected chi connectivity index (χ2v) is 3.52. The average molecular weight is 233 g/mol. The van der Waals surface area contributed by atoms with Crippen LogP contribution in [0.15, 0.2) is 39.7 Å². The van der Waals surface area contributed by atoms with Crippen molar-refractivity contribution in [2.24, 2.45) is 0 Å². The molecule has 0 bridgehead atoms. The minimum absolute atomic E-state index is 0.244. The van der Waals surface area contributed by atoms with Gasteiger partial charge < -0.3 is 14.5 Å². The summed E-state index contributed by atoms with van der Waals surface area (Å²) < 4.78 is 9.75. The maximum atomic E-state index is 11.7. The zero-order valence-electron chi connectivity index (χ0n) is 9.44. The Bertz CT molecular complexity index is 523. The Kier molecular flexibility index (Phi) is 2.82. The van der Waals surface area contributed by atoms with E-state index in [2.05, 4.69) is 10.1 Å². The molecular formula is C12H11NO4. The largest absolute Gasteiger partial charge is 0.465 e. The summed E-state index contributed by atoms with van der Waals surface area (Å²) in [4.78, 5) is 23.2. The molecule has 1 aromatic heterocycles. The van der Waals surface area contributed by atoms with E-state index in [0.29, 0.717) is 11.5 Å². The van der Waals surface area contributed by atoms with Gasteiger partial charge in [0.05, 0.1) is 24.5 Å². The van der Waals surface area contributed by atoms with Gasteiger partial charge in [-0.2, -0.15) is 0 Å². The molecule has 5 heteroatoms. The molecule has 17 heavy (non-hydrogen) atoms. The molecule has 2 rings (SSSR count). The molecule has 1 aromatic rings. The molecule has 0 radical (unpaired) electrons. The molecule has 0 saturated carbocycles. The number of furan rings is 1. The number of hydrogen-bond donors (Lipinski definition) is 1. The first-order valence-corrected chi connectivity index (χ1v) is 4.99. The number of allylic oxidation sites excluding steroid dienone is 1. The maximum Gasteiger partial charge on any atom is 0.340 e. The van der Waals surface area contributed by atoms with Crippen LogP contribution < -0.4 is 5.32 Å². The lowest BCUT2D eigenvalue weighted by atomic mass is 10.1. The first-order chi connectivity index (χ1) is 8.13. The van der Waals surface area contributed by atoms with Gasteiger partial charge in [-0.1, -0.05) is 0 Å². The van der Waals surface area contributed by atoms with Crippen molar-refractivity contribution in [3.8, 4) is 0 Å². The Morgan fingerprint density at radius 3 is 2.88 bits per heavy atom. The monoisotopic (exact) mass is 233 g/mol. The first-order valence-electron chi connectivity index (χ1n) is 4.99. The highest BCUT2D eigenvalue weighted by atomic mass is 16.5. The van der Waals surface area contributed by atoms with Gasteiger partial charge in [-0.25, -0.2) is 4.79 Å². The van der Waals surface area contributed by atoms with Crippen molar-refractivity contribution in [1.29, 1.82) is 0 Å². The van der Waals surface area contributed by atoms with Crippen molar-refractivity contribution in [2.75, 3.05) is 7.11 Å². The predicted molar refractivity (Wildman–Crippen MR) is 59.5 cm³/mol. The third kappa shape index (κ3) is 1.99. The summed E-state index contributed by atoms with van der Waals surface area (Å²) in [5.41, 5.74) is 0.984. The summed E-state index contributed by atoms with van der Waals surface area (Å²) in [6, 6.07) is 3.40. The molecule has 0 aliphatic carbocycles. The Hall–Kier alpha value is -2.30. The molecule has 0 fully saturated rings. The minimum atomic E-state index is -0.543. The lowest BCUT2D eigenvalue weighted by Crippen LogP contribution is -2.15. The van der Waals surface area contributed by atoms with Crippen LogP contribution in [0.3, 0.4) is 0 Å². The van der Waals surface area contributed by atoms with Crippen LogP contribution in [0.4, 0.5) is 0 Å². The second kappa shape index (κ2) is 4.29. The highest BCUT2D eigenvalue weighted by Crippen LogP contribution is 2.24. The van der Waals surface area contributed by atoms with E-state index in [0.717, 1.165) is 0 Å². The molecule has 0 atom stereocenters. The van der Waals surface area contributed by atoms with Gasteiger partial charge in [-0.05, 0) is 25.1 Å². The molecule has 0 spiro atoms. The van der Waals surface area contributed by atoms with Gasteiger partial charge in [0.2, 0.25) is 0 Å². The Balaban J connectivity index is 2.45. The van der Waals surface area contributed by atoms with Crippen molar-refractivity contribution in [3.63, 3.8) is 0 Å². The van der Waals surface area contributed by atoms with Crippen molar-refractivity contribution in [1.82, 2.24) is 5.32 Å². The van der Waals surface area contributed by atoms with Crippen molar-refractivity contribution < 1.29 is 18.7 Å². The molecule has 1 aliphatic rings. The Morgan fingerprint density at radius 1 is 1.53 bits per heavy atom. The number of methoxy groups -OCH3 is 1. The number of carbonyl (C=O) groups excluding carboxylic acids is 2. The van der Waals surface area contributed by atoms with E-state index in [4.69, 9.17) is 4.42 Å². The van der Waals surface area contributed by atoms with E-state index in [1.807, 2.05) is 0 Å². The molecule has 1 N–H and O–H groups in total. The maximum absolute atomic E-state index is 11.7. The van der Waals surface area contributed by atoms with E-state index in [1.54, 1.807) is 19.1 Å². The number of hydrogen-bond acceptors (Lipinski definition) is 4. The van der Waals surface area contributed by atoms with E-state index in [-0.39, 0.29) is 17.1 Å².